The van der Waals surface area contributed by atoms with Crippen LogP contribution in [0.3, 0.4) is 0 Å². The SMILES string of the molecule is Cc1cc(Cl)ccc1NC(=O)c1cccc(C(N)=S)c1. The van der Waals surface area contributed by atoms with Crippen molar-refractivity contribution < 1.29 is 4.79 Å². The van der Waals surface area contributed by atoms with Gasteiger partial charge in [0.25, 0.3) is 5.91 Å². The van der Waals surface area contributed by atoms with Gasteiger partial charge in [-0.15, -0.1) is 0 Å². The number of amides is 1. The molecule has 102 valence electrons. The van der Waals surface area contributed by atoms with Crippen molar-refractivity contribution in [1.29, 1.82) is 0 Å². The standard InChI is InChI=1S/C15H13ClN2OS/c1-9-7-12(16)5-6-13(9)18-15(19)11-4-2-3-10(8-11)14(17)20/h2-8H,1H3,(H2,17,20)(H,18,19). The molecule has 3 nitrogen and oxygen atoms in total. The summed E-state index contributed by atoms with van der Waals surface area (Å²) < 4.78 is 0. The van der Waals surface area contributed by atoms with E-state index in [4.69, 9.17) is 29.6 Å². The van der Waals surface area contributed by atoms with Gasteiger partial charge in [-0.25, -0.2) is 0 Å². The summed E-state index contributed by atoms with van der Waals surface area (Å²) in [4.78, 5) is 12.5. The number of nitrogens with two attached hydrogens (primary N) is 1. The molecule has 0 bridgehead atoms. The lowest BCUT2D eigenvalue weighted by atomic mass is 10.1. The molecule has 2 aromatic rings. The lowest BCUT2D eigenvalue weighted by Crippen LogP contribution is -2.15. The van der Waals surface area contributed by atoms with E-state index in [-0.39, 0.29) is 10.9 Å². The van der Waals surface area contributed by atoms with Gasteiger partial charge < -0.3 is 11.1 Å². The van der Waals surface area contributed by atoms with E-state index in [1.165, 1.54) is 0 Å². The summed E-state index contributed by atoms with van der Waals surface area (Å²) >= 11 is 10.8. The molecule has 20 heavy (non-hydrogen) atoms. The smallest absolute Gasteiger partial charge is 0.255 e. The molecule has 0 saturated carbocycles. The van der Waals surface area contributed by atoms with Crippen molar-refractivity contribution in [3.8, 4) is 0 Å². The van der Waals surface area contributed by atoms with Gasteiger partial charge in [-0.1, -0.05) is 36.0 Å². The fourth-order valence-electron chi connectivity index (χ4n) is 1.78. The van der Waals surface area contributed by atoms with Gasteiger partial charge in [-0.05, 0) is 42.8 Å². The van der Waals surface area contributed by atoms with Crippen LogP contribution in [0.1, 0.15) is 21.5 Å². The van der Waals surface area contributed by atoms with Gasteiger partial charge >= 0.3 is 0 Å². The Morgan fingerprint density at radius 2 is 1.90 bits per heavy atom. The van der Waals surface area contributed by atoms with Crippen LogP contribution in [0.15, 0.2) is 42.5 Å². The first kappa shape index (κ1) is 14.5. The molecule has 0 heterocycles. The van der Waals surface area contributed by atoms with Gasteiger partial charge in [0.15, 0.2) is 0 Å². The molecule has 0 aliphatic carbocycles. The molecule has 0 atom stereocenters. The molecule has 1 amide bonds. The number of nitrogens with one attached hydrogen (secondary N) is 1. The second kappa shape index (κ2) is 6.03. The van der Waals surface area contributed by atoms with Crippen molar-refractivity contribution in [3.05, 3.63) is 64.2 Å². The molecule has 3 N–H and O–H groups in total. The third-order valence-corrected chi connectivity index (χ3v) is 3.32. The lowest BCUT2D eigenvalue weighted by molar-refractivity contribution is 0.102. The number of rotatable bonds is 3. The Kier molecular flexibility index (Phi) is 4.37. The first-order chi connectivity index (χ1) is 9.47. The summed E-state index contributed by atoms with van der Waals surface area (Å²) in [5.74, 6) is -0.214. The molecule has 0 fully saturated rings. The third kappa shape index (κ3) is 3.35. The molecule has 2 aromatic carbocycles. The lowest BCUT2D eigenvalue weighted by Gasteiger charge is -2.09. The number of hydrogen-bond donors (Lipinski definition) is 2. The molecule has 0 spiro atoms. The maximum absolute atomic E-state index is 12.2. The van der Waals surface area contributed by atoms with Gasteiger partial charge in [0.2, 0.25) is 0 Å². The van der Waals surface area contributed by atoms with Crippen molar-refractivity contribution >= 4 is 40.4 Å². The van der Waals surface area contributed by atoms with Gasteiger partial charge in [0, 0.05) is 21.8 Å². The summed E-state index contributed by atoms with van der Waals surface area (Å²) in [6.07, 6.45) is 0. The number of benzene rings is 2. The van der Waals surface area contributed by atoms with Crippen LogP contribution in [0.4, 0.5) is 5.69 Å². The molecule has 0 aromatic heterocycles. The number of anilines is 1. The second-order valence-corrected chi connectivity index (χ2v) is 5.23. The number of thiocarbonyl (C=S) groups is 1. The molecule has 5 heteroatoms. The normalized spacial score (nSPS) is 10.1. The third-order valence-electron chi connectivity index (χ3n) is 2.85. The van der Waals surface area contributed by atoms with Crippen LogP contribution in [0.5, 0.6) is 0 Å². The molecular formula is C15H13ClN2OS. The number of hydrogen-bond acceptors (Lipinski definition) is 2. The van der Waals surface area contributed by atoms with E-state index < -0.39 is 0 Å². The number of carbonyl (C=O) groups excluding carboxylic acids is 1. The summed E-state index contributed by atoms with van der Waals surface area (Å²) in [5.41, 5.74) is 8.35. The van der Waals surface area contributed by atoms with Crippen LogP contribution < -0.4 is 11.1 Å². The zero-order valence-corrected chi connectivity index (χ0v) is 12.4. The summed E-state index contributed by atoms with van der Waals surface area (Å²) in [6, 6.07) is 12.2. The fourth-order valence-corrected chi connectivity index (χ4v) is 2.13. The monoisotopic (exact) mass is 304 g/mol. The van der Waals surface area contributed by atoms with Crippen molar-refractivity contribution in [2.45, 2.75) is 6.92 Å². The Hall–Kier alpha value is -1.91. The Balaban J connectivity index is 2.24. The van der Waals surface area contributed by atoms with Crippen molar-refractivity contribution in [3.63, 3.8) is 0 Å². The Morgan fingerprint density at radius 1 is 1.20 bits per heavy atom. The van der Waals surface area contributed by atoms with E-state index in [1.807, 2.05) is 6.92 Å². The van der Waals surface area contributed by atoms with E-state index in [0.717, 1.165) is 11.3 Å². The second-order valence-electron chi connectivity index (χ2n) is 4.36. The maximum atomic E-state index is 12.2. The molecule has 0 radical (unpaired) electrons. The van der Waals surface area contributed by atoms with E-state index >= 15 is 0 Å². The van der Waals surface area contributed by atoms with E-state index in [0.29, 0.717) is 16.1 Å². The van der Waals surface area contributed by atoms with Crippen LogP contribution in [-0.2, 0) is 0 Å². The highest BCUT2D eigenvalue weighted by molar-refractivity contribution is 7.80. The van der Waals surface area contributed by atoms with E-state index in [1.54, 1.807) is 42.5 Å². The molecule has 0 aliphatic rings. The fraction of sp³-hybridized carbons (Fsp3) is 0.0667. The minimum absolute atomic E-state index is 0.214. The zero-order chi connectivity index (χ0) is 14.7. The molecule has 0 unspecified atom stereocenters. The van der Waals surface area contributed by atoms with Gasteiger partial charge in [0.1, 0.15) is 4.99 Å². The van der Waals surface area contributed by atoms with Crippen LogP contribution in [0.25, 0.3) is 0 Å². The van der Waals surface area contributed by atoms with E-state index in [2.05, 4.69) is 5.32 Å². The Morgan fingerprint density at radius 3 is 2.55 bits per heavy atom. The minimum atomic E-state index is -0.214. The predicted molar refractivity (Wildman–Crippen MR) is 86.5 cm³/mol. The topological polar surface area (TPSA) is 55.1 Å². The zero-order valence-electron chi connectivity index (χ0n) is 10.8. The molecule has 0 saturated heterocycles. The number of carbonyl (C=O) groups is 1. The molecular weight excluding hydrogens is 292 g/mol. The quantitative estimate of drug-likeness (QED) is 0.853. The van der Waals surface area contributed by atoms with Crippen molar-refractivity contribution in [2.24, 2.45) is 5.73 Å². The summed E-state index contributed by atoms with van der Waals surface area (Å²) in [7, 11) is 0. The first-order valence-electron chi connectivity index (χ1n) is 5.95. The highest BCUT2D eigenvalue weighted by Crippen LogP contribution is 2.20. The van der Waals surface area contributed by atoms with Crippen LogP contribution in [0, 0.1) is 6.92 Å². The average molecular weight is 305 g/mol. The summed E-state index contributed by atoms with van der Waals surface area (Å²) in [5, 5.41) is 3.47. The highest BCUT2D eigenvalue weighted by Gasteiger charge is 2.09. The van der Waals surface area contributed by atoms with Crippen molar-refractivity contribution in [1.82, 2.24) is 0 Å². The first-order valence-corrected chi connectivity index (χ1v) is 6.73. The predicted octanol–water partition coefficient (Wildman–Crippen LogP) is 3.53. The average Bonchev–Trinajstić information content (AvgIpc) is 2.42. The summed E-state index contributed by atoms with van der Waals surface area (Å²) in [6.45, 7) is 1.88. The van der Waals surface area contributed by atoms with Gasteiger partial charge in [-0.3, -0.25) is 4.79 Å². The molecule has 2 rings (SSSR count). The number of aryl methyl sites for hydroxylation is 1. The van der Waals surface area contributed by atoms with Gasteiger partial charge in [-0.2, -0.15) is 0 Å². The Labute approximate surface area is 127 Å². The minimum Gasteiger partial charge on any atom is -0.389 e. The van der Waals surface area contributed by atoms with Gasteiger partial charge in [0.05, 0.1) is 0 Å². The number of halogens is 1. The van der Waals surface area contributed by atoms with E-state index in [9.17, 15) is 4.79 Å². The highest BCUT2D eigenvalue weighted by atomic mass is 35.5. The van der Waals surface area contributed by atoms with Crippen LogP contribution in [0.2, 0.25) is 5.02 Å². The van der Waals surface area contributed by atoms with Crippen molar-refractivity contribution in [2.75, 3.05) is 5.32 Å². The Bertz CT molecular complexity index is 685. The van der Waals surface area contributed by atoms with Crippen LogP contribution >= 0.6 is 23.8 Å². The van der Waals surface area contributed by atoms with Crippen LogP contribution in [-0.4, -0.2) is 10.9 Å². The maximum Gasteiger partial charge on any atom is 0.255 e. The molecule has 0 aliphatic heterocycles. The largest absolute Gasteiger partial charge is 0.389 e.